The molecule has 0 aromatic rings. The molecule has 14 heavy (non-hydrogen) atoms. The van der Waals surface area contributed by atoms with Gasteiger partial charge in [0.1, 0.15) is 9.84 Å². The summed E-state index contributed by atoms with van der Waals surface area (Å²) < 4.78 is 21.8. The number of aliphatic hydroxyl groups is 1. The molecule has 1 rings (SSSR count). The molecule has 1 unspecified atom stereocenters. The van der Waals surface area contributed by atoms with Gasteiger partial charge in [0.15, 0.2) is 0 Å². The Kier molecular flexibility index (Phi) is 2.99. The van der Waals surface area contributed by atoms with Crippen molar-refractivity contribution < 1.29 is 13.5 Å². The Morgan fingerprint density at radius 2 is 1.93 bits per heavy atom. The minimum Gasteiger partial charge on any atom is -0.390 e. The van der Waals surface area contributed by atoms with Gasteiger partial charge in [0.05, 0.1) is 5.60 Å². The molecule has 1 aliphatic rings. The van der Waals surface area contributed by atoms with E-state index in [-0.39, 0.29) is 11.2 Å². The van der Waals surface area contributed by atoms with E-state index in [1.165, 1.54) is 6.26 Å². The van der Waals surface area contributed by atoms with Crippen molar-refractivity contribution in [2.24, 2.45) is 5.41 Å². The highest BCUT2D eigenvalue weighted by atomic mass is 32.2. The minimum atomic E-state index is -2.88. The summed E-state index contributed by atoms with van der Waals surface area (Å²) in [4.78, 5) is 0. The fourth-order valence-electron chi connectivity index (χ4n) is 1.71. The van der Waals surface area contributed by atoms with Crippen molar-refractivity contribution in [1.29, 1.82) is 0 Å². The third-order valence-electron chi connectivity index (χ3n) is 3.48. The topological polar surface area (TPSA) is 54.4 Å². The van der Waals surface area contributed by atoms with E-state index in [0.29, 0.717) is 12.8 Å². The second kappa shape index (κ2) is 3.49. The van der Waals surface area contributed by atoms with Crippen LogP contribution in [-0.2, 0) is 9.84 Å². The van der Waals surface area contributed by atoms with Gasteiger partial charge in [-0.15, -0.1) is 0 Å². The van der Waals surface area contributed by atoms with Gasteiger partial charge in [-0.3, -0.25) is 0 Å². The molecule has 3 nitrogen and oxygen atoms in total. The Morgan fingerprint density at radius 1 is 1.43 bits per heavy atom. The summed E-state index contributed by atoms with van der Waals surface area (Å²) in [6.45, 7) is 3.88. The van der Waals surface area contributed by atoms with E-state index in [9.17, 15) is 13.5 Å². The third-order valence-corrected chi connectivity index (χ3v) is 4.51. The van der Waals surface area contributed by atoms with Gasteiger partial charge in [-0.05, 0) is 38.0 Å². The number of hydrogen-bond donors (Lipinski definition) is 1. The van der Waals surface area contributed by atoms with Gasteiger partial charge in [0.25, 0.3) is 0 Å². The minimum absolute atomic E-state index is 0.0322. The fourth-order valence-corrected chi connectivity index (χ4v) is 2.38. The first-order valence-electron chi connectivity index (χ1n) is 5.06. The van der Waals surface area contributed by atoms with Crippen molar-refractivity contribution in [2.45, 2.75) is 45.1 Å². The van der Waals surface area contributed by atoms with E-state index in [2.05, 4.69) is 6.92 Å². The molecular formula is C10H20O3S. The first kappa shape index (κ1) is 12.0. The molecule has 4 heteroatoms. The van der Waals surface area contributed by atoms with E-state index < -0.39 is 15.4 Å². The summed E-state index contributed by atoms with van der Waals surface area (Å²) in [6.07, 6.45) is 4.48. The van der Waals surface area contributed by atoms with Crippen LogP contribution in [0, 0.1) is 5.41 Å². The van der Waals surface area contributed by atoms with Gasteiger partial charge in [0, 0.05) is 12.0 Å². The molecule has 1 N–H and O–H groups in total. The molecule has 0 aliphatic heterocycles. The lowest BCUT2D eigenvalue weighted by atomic mass is 9.84. The lowest BCUT2D eigenvalue weighted by Crippen LogP contribution is -2.34. The maximum atomic E-state index is 10.9. The van der Waals surface area contributed by atoms with Crippen LogP contribution in [-0.4, -0.2) is 31.1 Å². The maximum Gasteiger partial charge on any atom is 0.147 e. The van der Waals surface area contributed by atoms with Crippen LogP contribution in [0.15, 0.2) is 0 Å². The zero-order valence-corrected chi connectivity index (χ0v) is 10.0. The quantitative estimate of drug-likeness (QED) is 0.761. The molecule has 0 heterocycles. The Hall–Kier alpha value is -0.0900. The van der Waals surface area contributed by atoms with E-state index in [4.69, 9.17) is 0 Å². The molecule has 0 radical (unpaired) electrons. The molecule has 1 fully saturated rings. The Bertz CT molecular complexity index is 299. The standard InChI is InChI=1S/C10H20O3S/c1-9(6-7-9)10(2,11)5-4-8-14(3,12)13/h11H,4-8H2,1-3H3. The fraction of sp³-hybridized carbons (Fsp3) is 1.00. The van der Waals surface area contributed by atoms with Crippen LogP contribution >= 0.6 is 0 Å². The largest absolute Gasteiger partial charge is 0.390 e. The average Bonchev–Trinajstić information content (AvgIpc) is 2.65. The predicted octanol–water partition coefficient (Wildman–Crippen LogP) is 1.36. The molecule has 0 aromatic carbocycles. The molecule has 0 amide bonds. The van der Waals surface area contributed by atoms with Crippen LogP contribution in [0.4, 0.5) is 0 Å². The highest BCUT2D eigenvalue weighted by Gasteiger charge is 2.51. The van der Waals surface area contributed by atoms with Gasteiger partial charge in [0.2, 0.25) is 0 Å². The van der Waals surface area contributed by atoms with Crippen molar-refractivity contribution in [2.75, 3.05) is 12.0 Å². The van der Waals surface area contributed by atoms with Crippen LogP contribution in [0.5, 0.6) is 0 Å². The molecule has 1 saturated carbocycles. The first-order valence-corrected chi connectivity index (χ1v) is 7.13. The van der Waals surface area contributed by atoms with Gasteiger partial charge in [-0.25, -0.2) is 8.42 Å². The highest BCUT2D eigenvalue weighted by molar-refractivity contribution is 7.90. The van der Waals surface area contributed by atoms with Crippen molar-refractivity contribution in [3.05, 3.63) is 0 Å². The zero-order chi connectivity index (χ0) is 11.0. The van der Waals surface area contributed by atoms with Crippen molar-refractivity contribution in [3.63, 3.8) is 0 Å². The predicted molar refractivity (Wildman–Crippen MR) is 56.9 cm³/mol. The van der Waals surface area contributed by atoms with Crippen molar-refractivity contribution >= 4 is 9.84 Å². The van der Waals surface area contributed by atoms with Gasteiger partial charge < -0.3 is 5.11 Å². The van der Waals surface area contributed by atoms with Gasteiger partial charge in [-0.2, -0.15) is 0 Å². The SMILES string of the molecule is CC(O)(CCCS(C)(=O)=O)C1(C)CC1. The van der Waals surface area contributed by atoms with Crippen LogP contribution in [0.1, 0.15) is 39.5 Å². The van der Waals surface area contributed by atoms with Gasteiger partial charge in [-0.1, -0.05) is 6.92 Å². The van der Waals surface area contributed by atoms with E-state index in [1.54, 1.807) is 0 Å². The maximum absolute atomic E-state index is 10.9. The summed E-state index contributed by atoms with van der Waals surface area (Å²) >= 11 is 0. The van der Waals surface area contributed by atoms with Crippen LogP contribution in [0.2, 0.25) is 0 Å². The summed E-state index contributed by atoms with van der Waals surface area (Å²) in [7, 11) is -2.88. The highest BCUT2D eigenvalue weighted by Crippen LogP contribution is 2.55. The molecule has 0 bridgehead atoms. The molecule has 1 aliphatic carbocycles. The lowest BCUT2D eigenvalue weighted by molar-refractivity contribution is -0.0155. The van der Waals surface area contributed by atoms with Crippen molar-refractivity contribution in [3.8, 4) is 0 Å². The smallest absolute Gasteiger partial charge is 0.147 e. The summed E-state index contributed by atoms with van der Waals surface area (Å²) in [5.41, 5.74) is -0.664. The first-order chi connectivity index (χ1) is 6.16. The summed E-state index contributed by atoms with van der Waals surface area (Å²) in [6, 6.07) is 0. The van der Waals surface area contributed by atoms with Crippen LogP contribution in [0.25, 0.3) is 0 Å². The summed E-state index contributed by atoms with van der Waals surface area (Å²) in [5.74, 6) is 0.180. The van der Waals surface area contributed by atoms with E-state index in [1.807, 2.05) is 6.92 Å². The van der Waals surface area contributed by atoms with E-state index >= 15 is 0 Å². The Morgan fingerprint density at radius 3 is 2.29 bits per heavy atom. The average molecular weight is 220 g/mol. The Labute approximate surface area is 86.4 Å². The van der Waals surface area contributed by atoms with Crippen molar-refractivity contribution in [1.82, 2.24) is 0 Å². The lowest BCUT2D eigenvalue weighted by Gasteiger charge is -2.30. The zero-order valence-electron chi connectivity index (χ0n) is 9.21. The van der Waals surface area contributed by atoms with Gasteiger partial charge >= 0.3 is 0 Å². The Balaban J connectivity index is 2.38. The third kappa shape index (κ3) is 2.95. The molecule has 84 valence electrons. The number of rotatable bonds is 5. The number of hydrogen-bond acceptors (Lipinski definition) is 3. The van der Waals surface area contributed by atoms with Crippen LogP contribution in [0.3, 0.4) is 0 Å². The second-order valence-electron chi connectivity index (χ2n) is 5.07. The second-order valence-corrected chi connectivity index (χ2v) is 7.33. The monoisotopic (exact) mass is 220 g/mol. The molecule has 0 saturated heterocycles. The molecule has 1 atom stereocenters. The van der Waals surface area contributed by atoms with Crippen LogP contribution < -0.4 is 0 Å². The molecular weight excluding hydrogens is 200 g/mol. The normalized spacial score (nSPS) is 24.3. The molecule has 0 spiro atoms. The summed E-state index contributed by atoms with van der Waals surface area (Å²) in [5, 5.41) is 10.1. The molecule has 0 aromatic heterocycles. The number of sulfone groups is 1. The van der Waals surface area contributed by atoms with E-state index in [0.717, 1.165) is 12.8 Å².